The summed E-state index contributed by atoms with van der Waals surface area (Å²) < 4.78 is 27.4. The van der Waals surface area contributed by atoms with Gasteiger partial charge in [0.1, 0.15) is 5.82 Å². The van der Waals surface area contributed by atoms with Gasteiger partial charge in [-0.3, -0.25) is 4.79 Å². The number of fused-ring (bicyclic) bond motifs is 1. The maximum Gasteiger partial charge on any atom is 0.258 e. The van der Waals surface area contributed by atoms with Gasteiger partial charge < -0.3 is 18.7 Å². The highest BCUT2D eigenvalue weighted by atomic mass is 35.5. The molecule has 0 amide bonds. The van der Waals surface area contributed by atoms with Gasteiger partial charge in [0.05, 0.1) is 30.0 Å². The summed E-state index contributed by atoms with van der Waals surface area (Å²) >= 11 is 6.02. The molecule has 1 fully saturated rings. The topological polar surface area (TPSA) is 73.4 Å². The summed E-state index contributed by atoms with van der Waals surface area (Å²) in [6.07, 6.45) is 1.64. The Morgan fingerprint density at radius 2 is 1.97 bits per heavy atom. The molecule has 2 aromatic heterocycles. The maximum atomic E-state index is 14.9. The van der Waals surface area contributed by atoms with E-state index in [-0.39, 0.29) is 28.1 Å². The zero-order valence-electron chi connectivity index (χ0n) is 16.6. The second-order valence-electron chi connectivity index (χ2n) is 7.34. The summed E-state index contributed by atoms with van der Waals surface area (Å²) in [4.78, 5) is 19.4. The van der Waals surface area contributed by atoms with E-state index in [0.717, 1.165) is 0 Å². The molecule has 9 heteroatoms. The monoisotopic (exact) mass is 440 g/mol. The third kappa shape index (κ3) is 3.58. The van der Waals surface area contributed by atoms with Gasteiger partial charge in [-0.15, -0.1) is 0 Å². The molecule has 5 rings (SSSR count). The Morgan fingerprint density at radius 1 is 1.16 bits per heavy atom. The molecule has 7 nitrogen and oxygen atoms in total. The number of aromatic nitrogens is 3. The van der Waals surface area contributed by atoms with Crippen LogP contribution in [0, 0.1) is 5.82 Å². The molecule has 3 heterocycles. The average Bonchev–Trinajstić information content (AvgIpc) is 3.27. The zero-order chi connectivity index (χ0) is 21.5. The van der Waals surface area contributed by atoms with Crippen molar-refractivity contribution >= 4 is 28.2 Å². The van der Waals surface area contributed by atoms with Crippen molar-refractivity contribution in [3.63, 3.8) is 0 Å². The molecule has 0 unspecified atom stereocenters. The normalized spacial score (nSPS) is 14.4. The molecule has 4 aromatic rings. The smallest absolute Gasteiger partial charge is 0.258 e. The minimum atomic E-state index is -0.448. The first kappa shape index (κ1) is 19.7. The summed E-state index contributed by atoms with van der Waals surface area (Å²) in [5.41, 5.74) is 1.59. The first-order valence-corrected chi connectivity index (χ1v) is 10.1. The molecule has 158 valence electrons. The van der Waals surface area contributed by atoms with Gasteiger partial charge >= 0.3 is 0 Å². The van der Waals surface area contributed by atoms with Crippen LogP contribution in [0.5, 0.6) is 0 Å². The Bertz CT molecular complexity index is 1340. The number of benzene rings is 2. The Balaban J connectivity index is 1.60. The van der Waals surface area contributed by atoms with Gasteiger partial charge in [-0.2, -0.15) is 4.98 Å². The van der Waals surface area contributed by atoms with E-state index in [1.807, 2.05) is 4.90 Å². The molecule has 0 radical (unpaired) electrons. The van der Waals surface area contributed by atoms with Crippen LogP contribution < -0.4 is 10.3 Å². The minimum absolute atomic E-state index is 0.134. The minimum Gasteiger partial charge on any atom is -0.378 e. The van der Waals surface area contributed by atoms with E-state index in [4.69, 9.17) is 20.9 Å². The standard InChI is InChI=1S/C22H18ClFN4O3/c1-27-12-16(21-25-22(31-26-21)13-3-2-4-14(23)9-13)20(29)15-10-17(24)19(11-18(15)27)28-5-7-30-8-6-28/h2-4,9-12H,5-8H2,1H3. The number of anilines is 1. The van der Waals surface area contributed by atoms with Crippen LogP contribution in [0.15, 0.2) is 51.9 Å². The van der Waals surface area contributed by atoms with Gasteiger partial charge in [0.2, 0.25) is 11.3 Å². The van der Waals surface area contributed by atoms with Crippen molar-refractivity contribution in [3.8, 4) is 22.8 Å². The first-order chi connectivity index (χ1) is 15.0. The number of rotatable bonds is 3. The van der Waals surface area contributed by atoms with Crippen LogP contribution in [0.25, 0.3) is 33.7 Å². The number of hydrogen-bond donors (Lipinski definition) is 0. The van der Waals surface area contributed by atoms with Crippen LogP contribution in [-0.4, -0.2) is 41.0 Å². The lowest BCUT2D eigenvalue weighted by atomic mass is 10.1. The average molecular weight is 441 g/mol. The van der Waals surface area contributed by atoms with Crippen molar-refractivity contribution in [2.24, 2.45) is 7.05 Å². The molecular weight excluding hydrogens is 423 g/mol. The molecule has 0 spiro atoms. The van der Waals surface area contributed by atoms with Crippen molar-refractivity contribution in [1.82, 2.24) is 14.7 Å². The highest BCUT2D eigenvalue weighted by Gasteiger charge is 2.20. The lowest BCUT2D eigenvalue weighted by molar-refractivity contribution is 0.122. The molecule has 0 atom stereocenters. The van der Waals surface area contributed by atoms with Gasteiger partial charge in [-0.25, -0.2) is 4.39 Å². The van der Waals surface area contributed by atoms with Crippen LogP contribution in [0.3, 0.4) is 0 Å². The van der Waals surface area contributed by atoms with Crippen LogP contribution in [-0.2, 0) is 11.8 Å². The fourth-order valence-corrected chi connectivity index (χ4v) is 3.96. The van der Waals surface area contributed by atoms with Crippen molar-refractivity contribution in [3.05, 3.63) is 63.7 Å². The van der Waals surface area contributed by atoms with Crippen molar-refractivity contribution in [2.45, 2.75) is 0 Å². The van der Waals surface area contributed by atoms with Gasteiger partial charge in [-0.05, 0) is 30.3 Å². The molecule has 0 aliphatic carbocycles. The van der Waals surface area contributed by atoms with Gasteiger partial charge in [0.25, 0.3) is 5.89 Å². The van der Waals surface area contributed by atoms with E-state index < -0.39 is 5.82 Å². The van der Waals surface area contributed by atoms with E-state index in [1.54, 1.807) is 48.1 Å². The molecule has 31 heavy (non-hydrogen) atoms. The summed E-state index contributed by atoms with van der Waals surface area (Å²) in [6.45, 7) is 2.29. The largest absolute Gasteiger partial charge is 0.378 e. The van der Waals surface area contributed by atoms with E-state index in [2.05, 4.69) is 10.1 Å². The second-order valence-corrected chi connectivity index (χ2v) is 7.77. The molecule has 0 saturated carbocycles. The third-order valence-electron chi connectivity index (χ3n) is 5.35. The van der Waals surface area contributed by atoms with Crippen molar-refractivity contribution < 1.29 is 13.7 Å². The number of aryl methyl sites for hydroxylation is 1. The quantitative estimate of drug-likeness (QED) is 0.481. The van der Waals surface area contributed by atoms with E-state index in [9.17, 15) is 9.18 Å². The second kappa shape index (κ2) is 7.79. The Labute approximate surface area is 181 Å². The number of pyridine rings is 1. The number of nitrogens with zero attached hydrogens (tertiary/aromatic N) is 4. The molecule has 0 bridgehead atoms. The van der Waals surface area contributed by atoms with Crippen LogP contribution in [0.4, 0.5) is 10.1 Å². The molecular formula is C22H18ClFN4O3. The zero-order valence-corrected chi connectivity index (χ0v) is 17.4. The SMILES string of the molecule is Cn1cc(-c2noc(-c3cccc(Cl)c3)n2)c(=O)c2cc(F)c(N3CCOCC3)cc21. The molecule has 1 aliphatic rings. The first-order valence-electron chi connectivity index (χ1n) is 9.77. The van der Waals surface area contributed by atoms with Gasteiger partial charge in [0.15, 0.2) is 0 Å². The molecule has 1 aliphatic heterocycles. The van der Waals surface area contributed by atoms with E-state index in [1.165, 1.54) is 6.07 Å². The van der Waals surface area contributed by atoms with Crippen molar-refractivity contribution in [1.29, 1.82) is 0 Å². The van der Waals surface area contributed by atoms with Crippen LogP contribution in [0.2, 0.25) is 5.02 Å². The fourth-order valence-electron chi connectivity index (χ4n) is 3.77. The summed E-state index contributed by atoms with van der Waals surface area (Å²) in [5.74, 6) is -0.0694. The number of halogens is 2. The van der Waals surface area contributed by atoms with Crippen LogP contribution in [0.1, 0.15) is 0 Å². The number of ether oxygens (including phenoxy) is 1. The molecule has 0 N–H and O–H groups in total. The lowest BCUT2D eigenvalue weighted by Gasteiger charge is -2.29. The number of hydrogen-bond acceptors (Lipinski definition) is 6. The highest BCUT2D eigenvalue weighted by Crippen LogP contribution is 2.28. The molecule has 2 aromatic carbocycles. The van der Waals surface area contributed by atoms with Gasteiger partial charge in [-0.1, -0.05) is 22.8 Å². The van der Waals surface area contributed by atoms with Crippen LogP contribution >= 0.6 is 11.6 Å². The summed E-state index contributed by atoms with van der Waals surface area (Å²) in [6, 6.07) is 9.97. The predicted molar refractivity (Wildman–Crippen MR) is 116 cm³/mol. The molecule has 1 saturated heterocycles. The summed E-state index contributed by atoms with van der Waals surface area (Å²) in [5, 5.41) is 4.74. The van der Waals surface area contributed by atoms with E-state index in [0.29, 0.717) is 48.1 Å². The highest BCUT2D eigenvalue weighted by molar-refractivity contribution is 6.30. The number of morpholine rings is 1. The van der Waals surface area contributed by atoms with Crippen molar-refractivity contribution in [2.75, 3.05) is 31.2 Å². The Hall–Kier alpha value is -3.23. The maximum absolute atomic E-state index is 14.9. The van der Waals surface area contributed by atoms with E-state index >= 15 is 0 Å². The lowest BCUT2D eigenvalue weighted by Crippen LogP contribution is -2.36. The predicted octanol–water partition coefficient (Wildman–Crippen LogP) is 3.88. The fraction of sp³-hybridized carbons (Fsp3) is 0.227. The third-order valence-corrected chi connectivity index (χ3v) is 5.58. The summed E-state index contributed by atoms with van der Waals surface area (Å²) in [7, 11) is 1.80. The Morgan fingerprint density at radius 3 is 2.74 bits per heavy atom. The Kier molecular flexibility index (Phi) is 4.95. The van der Waals surface area contributed by atoms with Gasteiger partial charge in [0, 0.05) is 42.3 Å².